The van der Waals surface area contributed by atoms with E-state index >= 15 is 0 Å². The van der Waals surface area contributed by atoms with Gasteiger partial charge in [0.25, 0.3) is 0 Å². The lowest BCUT2D eigenvalue weighted by atomic mass is 10.0. The number of carbonyl (C=O) groups is 1. The number of amides is 1. The summed E-state index contributed by atoms with van der Waals surface area (Å²) in [5, 5.41) is 0. The molecule has 1 heterocycles. The smallest absolute Gasteiger partial charge is 0.414 e. The fraction of sp³-hybridized carbons (Fsp3) is 0.214. The number of ether oxygens (including phenoxy) is 1. The molecule has 0 saturated heterocycles. The van der Waals surface area contributed by atoms with Crippen LogP contribution < -0.4 is 0 Å². The maximum Gasteiger partial charge on any atom is 0.414 e. The summed E-state index contributed by atoms with van der Waals surface area (Å²) in [6.07, 6.45) is 7.12. The van der Waals surface area contributed by atoms with Crippen LogP contribution in [0.2, 0.25) is 0 Å². The molecule has 1 aliphatic rings. The SMILES string of the molecule is COC(=O)N1C=CC=CC1c1cccc(C)c1. The second-order valence-corrected chi connectivity index (χ2v) is 3.96. The van der Waals surface area contributed by atoms with Gasteiger partial charge in [0.05, 0.1) is 13.2 Å². The van der Waals surface area contributed by atoms with Crippen molar-refractivity contribution in [2.75, 3.05) is 7.11 Å². The van der Waals surface area contributed by atoms with Crippen molar-refractivity contribution in [3.63, 3.8) is 0 Å². The fourth-order valence-electron chi connectivity index (χ4n) is 1.90. The van der Waals surface area contributed by atoms with Crippen molar-refractivity contribution in [1.82, 2.24) is 4.90 Å². The third-order valence-corrected chi connectivity index (χ3v) is 2.72. The molecule has 1 aromatic carbocycles. The molecule has 0 radical (unpaired) electrons. The van der Waals surface area contributed by atoms with E-state index in [1.807, 2.05) is 43.4 Å². The number of rotatable bonds is 1. The van der Waals surface area contributed by atoms with Gasteiger partial charge in [-0.2, -0.15) is 0 Å². The fourth-order valence-corrected chi connectivity index (χ4v) is 1.90. The molecule has 0 aromatic heterocycles. The minimum absolute atomic E-state index is 0.0904. The van der Waals surface area contributed by atoms with E-state index in [1.165, 1.54) is 12.7 Å². The molecular weight excluding hydrogens is 214 g/mol. The summed E-state index contributed by atoms with van der Waals surface area (Å²) in [4.78, 5) is 13.2. The first kappa shape index (κ1) is 11.5. The van der Waals surface area contributed by atoms with Crippen molar-refractivity contribution in [1.29, 1.82) is 0 Å². The number of hydrogen-bond acceptors (Lipinski definition) is 2. The highest BCUT2D eigenvalue weighted by atomic mass is 16.5. The molecule has 17 heavy (non-hydrogen) atoms. The molecule has 1 unspecified atom stereocenters. The largest absolute Gasteiger partial charge is 0.452 e. The van der Waals surface area contributed by atoms with Gasteiger partial charge in [-0.3, -0.25) is 4.90 Å². The second kappa shape index (κ2) is 4.87. The quantitative estimate of drug-likeness (QED) is 0.740. The molecule has 1 aromatic rings. The Morgan fingerprint density at radius 1 is 1.35 bits per heavy atom. The molecule has 0 fully saturated rings. The monoisotopic (exact) mass is 229 g/mol. The Morgan fingerprint density at radius 2 is 2.18 bits per heavy atom. The number of hydrogen-bond donors (Lipinski definition) is 0. The van der Waals surface area contributed by atoms with Gasteiger partial charge in [-0.25, -0.2) is 4.79 Å². The lowest BCUT2D eigenvalue weighted by molar-refractivity contribution is 0.132. The second-order valence-electron chi connectivity index (χ2n) is 3.96. The predicted molar refractivity (Wildman–Crippen MR) is 66.4 cm³/mol. The summed E-state index contributed by atoms with van der Waals surface area (Å²) in [5.41, 5.74) is 2.26. The van der Waals surface area contributed by atoms with Crippen LogP contribution in [0.1, 0.15) is 17.2 Å². The third-order valence-electron chi connectivity index (χ3n) is 2.72. The molecule has 0 spiro atoms. The highest BCUT2D eigenvalue weighted by Gasteiger charge is 2.23. The van der Waals surface area contributed by atoms with E-state index in [0.717, 1.165) is 5.56 Å². The zero-order valence-corrected chi connectivity index (χ0v) is 9.96. The Labute approximate surface area is 101 Å². The number of carbonyl (C=O) groups excluding carboxylic acids is 1. The normalized spacial score (nSPS) is 18.2. The van der Waals surface area contributed by atoms with E-state index in [-0.39, 0.29) is 12.1 Å². The summed E-state index contributed by atoms with van der Waals surface area (Å²) in [6, 6.07) is 8.02. The topological polar surface area (TPSA) is 29.5 Å². The predicted octanol–water partition coefficient (Wildman–Crippen LogP) is 3.19. The lowest BCUT2D eigenvalue weighted by Gasteiger charge is -2.27. The van der Waals surface area contributed by atoms with Crippen molar-refractivity contribution in [2.45, 2.75) is 13.0 Å². The van der Waals surface area contributed by atoms with Crippen LogP contribution in [0.25, 0.3) is 0 Å². The zero-order valence-electron chi connectivity index (χ0n) is 9.96. The zero-order chi connectivity index (χ0) is 12.3. The highest BCUT2D eigenvalue weighted by molar-refractivity contribution is 5.70. The van der Waals surface area contributed by atoms with Crippen LogP contribution in [0.5, 0.6) is 0 Å². The van der Waals surface area contributed by atoms with Gasteiger partial charge in [-0.15, -0.1) is 0 Å². The van der Waals surface area contributed by atoms with Crippen LogP contribution in [0.3, 0.4) is 0 Å². The van der Waals surface area contributed by atoms with Crippen LogP contribution in [0, 0.1) is 6.92 Å². The molecule has 0 bridgehead atoms. The van der Waals surface area contributed by atoms with Crippen LogP contribution in [0.15, 0.2) is 48.7 Å². The van der Waals surface area contributed by atoms with E-state index in [9.17, 15) is 4.79 Å². The molecule has 1 amide bonds. The average Bonchev–Trinajstić information content (AvgIpc) is 2.38. The molecule has 88 valence electrons. The maximum absolute atomic E-state index is 11.7. The molecular formula is C14H15NO2. The van der Waals surface area contributed by atoms with Crippen molar-refractivity contribution < 1.29 is 9.53 Å². The van der Waals surface area contributed by atoms with Gasteiger partial charge in [0.2, 0.25) is 0 Å². The van der Waals surface area contributed by atoms with Crippen LogP contribution >= 0.6 is 0 Å². The first-order valence-electron chi connectivity index (χ1n) is 5.50. The summed E-state index contributed by atoms with van der Waals surface area (Å²) in [7, 11) is 1.39. The minimum Gasteiger partial charge on any atom is -0.452 e. The first-order valence-corrected chi connectivity index (χ1v) is 5.50. The lowest BCUT2D eigenvalue weighted by Crippen LogP contribution is -2.30. The molecule has 1 aliphatic heterocycles. The summed E-state index contributed by atoms with van der Waals surface area (Å²) < 4.78 is 4.77. The molecule has 0 N–H and O–H groups in total. The van der Waals surface area contributed by atoms with Gasteiger partial charge in [-0.05, 0) is 18.6 Å². The summed E-state index contributed by atoms with van der Waals surface area (Å²) in [6.45, 7) is 2.04. The molecule has 0 saturated carbocycles. The average molecular weight is 229 g/mol. The van der Waals surface area contributed by atoms with Crippen molar-refractivity contribution in [2.24, 2.45) is 0 Å². The van der Waals surface area contributed by atoms with E-state index in [2.05, 4.69) is 6.07 Å². The third kappa shape index (κ3) is 2.38. The maximum atomic E-state index is 11.7. The number of allylic oxidation sites excluding steroid dienone is 2. The molecule has 3 nitrogen and oxygen atoms in total. The number of nitrogens with zero attached hydrogens (tertiary/aromatic N) is 1. The minimum atomic E-state index is -0.350. The van der Waals surface area contributed by atoms with Gasteiger partial charge >= 0.3 is 6.09 Å². The number of aryl methyl sites for hydroxylation is 1. The number of benzene rings is 1. The molecule has 0 aliphatic carbocycles. The van der Waals surface area contributed by atoms with Crippen molar-refractivity contribution in [3.8, 4) is 0 Å². The Balaban J connectivity index is 2.32. The van der Waals surface area contributed by atoms with E-state index < -0.39 is 0 Å². The van der Waals surface area contributed by atoms with Gasteiger partial charge in [-0.1, -0.05) is 42.0 Å². The van der Waals surface area contributed by atoms with Gasteiger partial charge in [0.1, 0.15) is 0 Å². The van der Waals surface area contributed by atoms with Crippen molar-refractivity contribution >= 4 is 6.09 Å². The Hall–Kier alpha value is -2.03. The van der Waals surface area contributed by atoms with Gasteiger partial charge < -0.3 is 4.74 Å². The van der Waals surface area contributed by atoms with E-state index in [1.54, 1.807) is 11.1 Å². The molecule has 1 atom stereocenters. The van der Waals surface area contributed by atoms with Crippen LogP contribution in [-0.2, 0) is 4.74 Å². The van der Waals surface area contributed by atoms with Gasteiger partial charge in [0, 0.05) is 6.20 Å². The summed E-state index contributed by atoms with van der Waals surface area (Å²) in [5.74, 6) is 0. The van der Waals surface area contributed by atoms with Crippen molar-refractivity contribution in [3.05, 3.63) is 59.8 Å². The first-order chi connectivity index (χ1) is 8.22. The van der Waals surface area contributed by atoms with Crippen LogP contribution in [-0.4, -0.2) is 18.1 Å². The summed E-state index contributed by atoms with van der Waals surface area (Å²) >= 11 is 0. The number of methoxy groups -OCH3 is 1. The van der Waals surface area contributed by atoms with E-state index in [0.29, 0.717) is 0 Å². The Kier molecular flexibility index (Phi) is 3.28. The Morgan fingerprint density at radius 3 is 2.88 bits per heavy atom. The molecule has 2 rings (SSSR count). The standard InChI is InChI=1S/C14H15NO2/c1-11-6-5-7-12(10-11)13-8-3-4-9-15(13)14(16)17-2/h3-10,13H,1-2H3. The van der Waals surface area contributed by atoms with Gasteiger partial charge in [0.15, 0.2) is 0 Å². The van der Waals surface area contributed by atoms with E-state index in [4.69, 9.17) is 4.74 Å². The Bertz CT molecular complexity index is 477. The molecule has 3 heteroatoms. The van der Waals surface area contributed by atoms with Crippen LogP contribution in [0.4, 0.5) is 4.79 Å². The highest BCUT2D eigenvalue weighted by Crippen LogP contribution is 2.26.